The topological polar surface area (TPSA) is 99.9 Å². The zero-order valence-electron chi connectivity index (χ0n) is 17.8. The molecule has 0 aliphatic heterocycles. The number of ether oxygens (including phenoxy) is 3. The van der Waals surface area contributed by atoms with E-state index in [9.17, 15) is 4.79 Å². The third kappa shape index (κ3) is 4.94. The van der Waals surface area contributed by atoms with Gasteiger partial charge in [-0.05, 0) is 42.8 Å². The van der Waals surface area contributed by atoms with Gasteiger partial charge in [0.1, 0.15) is 18.1 Å². The molecule has 32 heavy (non-hydrogen) atoms. The second-order valence-corrected chi connectivity index (χ2v) is 6.97. The Hall–Kier alpha value is -4.14. The van der Waals surface area contributed by atoms with Crippen molar-refractivity contribution >= 4 is 11.6 Å². The first-order valence-electron chi connectivity index (χ1n) is 10.1. The monoisotopic (exact) mass is 433 g/mol. The van der Waals surface area contributed by atoms with E-state index in [0.717, 1.165) is 11.1 Å². The van der Waals surface area contributed by atoms with Gasteiger partial charge in [0.05, 0.1) is 19.2 Å². The standard InChI is InChI=1S/C23H23N5O4/c1-16-6-5-7-17(14-16)32-15-21(29)24-12-13-31-22-11-10-20-25-26-23(28(20)27-22)18-8-3-4-9-19(18)30-2/h3-11,14H,12-13,15H2,1-2H3,(H,24,29). The predicted molar refractivity (Wildman–Crippen MR) is 118 cm³/mol. The summed E-state index contributed by atoms with van der Waals surface area (Å²) in [6, 6.07) is 18.5. The lowest BCUT2D eigenvalue weighted by atomic mass is 10.2. The molecule has 1 amide bonds. The van der Waals surface area contributed by atoms with Crippen LogP contribution >= 0.6 is 0 Å². The normalized spacial score (nSPS) is 10.7. The lowest BCUT2D eigenvalue weighted by Crippen LogP contribution is -2.32. The Morgan fingerprint density at radius 3 is 2.75 bits per heavy atom. The van der Waals surface area contributed by atoms with Crippen molar-refractivity contribution < 1.29 is 19.0 Å². The van der Waals surface area contributed by atoms with E-state index in [1.165, 1.54) is 0 Å². The van der Waals surface area contributed by atoms with Gasteiger partial charge in [0.15, 0.2) is 18.1 Å². The van der Waals surface area contributed by atoms with Crippen LogP contribution in [-0.2, 0) is 4.79 Å². The maximum absolute atomic E-state index is 12.0. The number of fused-ring (bicyclic) bond motifs is 1. The number of benzene rings is 2. The van der Waals surface area contributed by atoms with Crippen molar-refractivity contribution in [3.8, 4) is 28.8 Å². The number of carbonyl (C=O) groups excluding carboxylic acids is 1. The van der Waals surface area contributed by atoms with E-state index >= 15 is 0 Å². The molecule has 0 radical (unpaired) electrons. The molecule has 2 aromatic carbocycles. The van der Waals surface area contributed by atoms with E-state index in [-0.39, 0.29) is 19.1 Å². The predicted octanol–water partition coefficient (Wildman–Crippen LogP) is 2.68. The van der Waals surface area contributed by atoms with Gasteiger partial charge in [-0.15, -0.1) is 15.3 Å². The molecule has 0 fully saturated rings. The molecule has 0 unspecified atom stereocenters. The average Bonchev–Trinajstić information content (AvgIpc) is 3.23. The summed E-state index contributed by atoms with van der Waals surface area (Å²) < 4.78 is 18.2. The number of para-hydroxylation sites is 1. The van der Waals surface area contributed by atoms with Gasteiger partial charge in [-0.2, -0.15) is 4.52 Å². The van der Waals surface area contributed by atoms with Crippen molar-refractivity contribution in [3.05, 3.63) is 66.2 Å². The first-order chi connectivity index (χ1) is 15.6. The molecule has 0 bridgehead atoms. The van der Waals surface area contributed by atoms with Crippen molar-refractivity contribution in [2.24, 2.45) is 0 Å². The number of aromatic nitrogens is 4. The van der Waals surface area contributed by atoms with Crippen LogP contribution in [0.5, 0.6) is 17.4 Å². The molecule has 164 valence electrons. The van der Waals surface area contributed by atoms with Gasteiger partial charge < -0.3 is 19.5 Å². The van der Waals surface area contributed by atoms with Gasteiger partial charge in [-0.1, -0.05) is 24.3 Å². The van der Waals surface area contributed by atoms with E-state index in [1.807, 2.05) is 55.5 Å². The van der Waals surface area contributed by atoms with Crippen LogP contribution in [0.25, 0.3) is 17.0 Å². The van der Waals surface area contributed by atoms with E-state index < -0.39 is 0 Å². The molecule has 2 aromatic heterocycles. The molecule has 4 aromatic rings. The first kappa shape index (κ1) is 21.1. The maximum atomic E-state index is 12.0. The molecular formula is C23H23N5O4. The second-order valence-electron chi connectivity index (χ2n) is 6.97. The van der Waals surface area contributed by atoms with E-state index in [0.29, 0.717) is 35.4 Å². The van der Waals surface area contributed by atoms with Crippen LogP contribution in [0.15, 0.2) is 60.7 Å². The Balaban J connectivity index is 1.32. The largest absolute Gasteiger partial charge is 0.496 e. The van der Waals surface area contributed by atoms with Crippen LogP contribution < -0.4 is 19.5 Å². The number of hydrogen-bond donors (Lipinski definition) is 1. The average molecular weight is 433 g/mol. The van der Waals surface area contributed by atoms with Crippen molar-refractivity contribution in [2.45, 2.75) is 6.92 Å². The summed E-state index contributed by atoms with van der Waals surface area (Å²) in [7, 11) is 1.60. The molecule has 0 aliphatic rings. The molecule has 9 heteroatoms. The van der Waals surface area contributed by atoms with E-state index in [2.05, 4.69) is 20.6 Å². The fraction of sp³-hybridized carbons (Fsp3) is 0.217. The zero-order chi connectivity index (χ0) is 22.3. The van der Waals surface area contributed by atoms with Crippen LogP contribution in [-0.4, -0.2) is 52.6 Å². The minimum Gasteiger partial charge on any atom is -0.496 e. The highest BCUT2D eigenvalue weighted by molar-refractivity contribution is 5.77. The summed E-state index contributed by atoms with van der Waals surface area (Å²) in [6.45, 7) is 2.48. The third-order valence-electron chi connectivity index (χ3n) is 4.62. The Bertz CT molecular complexity index is 1220. The van der Waals surface area contributed by atoms with Gasteiger partial charge in [-0.25, -0.2) is 0 Å². The number of hydrogen-bond acceptors (Lipinski definition) is 7. The number of rotatable bonds is 9. The lowest BCUT2D eigenvalue weighted by molar-refractivity contribution is -0.123. The van der Waals surface area contributed by atoms with Gasteiger partial charge >= 0.3 is 0 Å². The van der Waals surface area contributed by atoms with Crippen molar-refractivity contribution in [2.75, 3.05) is 26.9 Å². The molecular weight excluding hydrogens is 410 g/mol. The minimum absolute atomic E-state index is 0.0589. The van der Waals surface area contributed by atoms with Gasteiger partial charge in [0.25, 0.3) is 5.91 Å². The Kier molecular flexibility index (Phi) is 6.45. The molecule has 0 saturated carbocycles. The molecule has 4 rings (SSSR count). The maximum Gasteiger partial charge on any atom is 0.258 e. The number of methoxy groups -OCH3 is 1. The van der Waals surface area contributed by atoms with Gasteiger partial charge in [0, 0.05) is 6.07 Å². The number of nitrogens with zero attached hydrogens (tertiary/aromatic N) is 4. The van der Waals surface area contributed by atoms with E-state index in [1.54, 1.807) is 23.8 Å². The number of carbonyl (C=O) groups is 1. The molecule has 0 aliphatic carbocycles. The number of aryl methyl sites for hydroxylation is 1. The lowest BCUT2D eigenvalue weighted by Gasteiger charge is -2.09. The quantitative estimate of drug-likeness (QED) is 0.405. The van der Waals surface area contributed by atoms with Crippen molar-refractivity contribution in [3.63, 3.8) is 0 Å². The molecule has 9 nitrogen and oxygen atoms in total. The summed E-state index contributed by atoms with van der Waals surface area (Å²) in [5.41, 5.74) is 2.43. The molecule has 0 atom stereocenters. The summed E-state index contributed by atoms with van der Waals surface area (Å²) in [5, 5.41) is 15.6. The first-order valence-corrected chi connectivity index (χ1v) is 10.1. The van der Waals surface area contributed by atoms with E-state index in [4.69, 9.17) is 14.2 Å². The van der Waals surface area contributed by atoms with Crippen LogP contribution in [0.1, 0.15) is 5.56 Å². The highest BCUT2D eigenvalue weighted by Gasteiger charge is 2.14. The smallest absolute Gasteiger partial charge is 0.258 e. The van der Waals surface area contributed by atoms with Crippen LogP contribution in [0.4, 0.5) is 0 Å². The SMILES string of the molecule is COc1ccccc1-c1nnc2ccc(OCCNC(=O)COc3cccc(C)c3)nn12. The Morgan fingerprint density at radius 1 is 1.03 bits per heavy atom. The second kappa shape index (κ2) is 9.78. The van der Waals surface area contributed by atoms with Gasteiger partial charge in [-0.3, -0.25) is 4.79 Å². The molecule has 1 N–H and O–H groups in total. The van der Waals surface area contributed by atoms with Gasteiger partial charge in [0.2, 0.25) is 5.88 Å². The highest BCUT2D eigenvalue weighted by Crippen LogP contribution is 2.28. The Morgan fingerprint density at radius 2 is 1.91 bits per heavy atom. The van der Waals surface area contributed by atoms with Crippen LogP contribution in [0, 0.1) is 6.92 Å². The molecule has 0 spiro atoms. The molecule has 2 heterocycles. The van der Waals surface area contributed by atoms with Crippen molar-refractivity contribution in [1.29, 1.82) is 0 Å². The van der Waals surface area contributed by atoms with Crippen molar-refractivity contribution in [1.82, 2.24) is 25.1 Å². The minimum atomic E-state index is -0.226. The highest BCUT2D eigenvalue weighted by atomic mass is 16.5. The van der Waals surface area contributed by atoms with Crippen LogP contribution in [0.2, 0.25) is 0 Å². The summed E-state index contributed by atoms with van der Waals surface area (Å²) in [4.78, 5) is 12.0. The number of amides is 1. The molecule has 0 saturated heterocycles. The summed E-state index contributed by atoms with van der Waals surface area (Å²) >= 11 is 0. The van der Waals surface area contributed by atoms with Crippen LogP contribution in [0.3, 0.4) is 0 Å². The number of nitrogens with one attached hydrogen (secondary N) is 1. The fourth-order valence-electron chi connectivity index (χ4n) is 3.10. The Labute approximate surface area is 185 Å². The summed E-state index contributed by atoms with van der Waals surface area (Å²) in [5.74, 6) is 2.04. The zero-order valence-corrected chi connectivity index (χ0v) is 17.8. The summed E-state index contributed by atoms with van der Waals surface area (Å²) in [6.07, 6.45) is 0. The fourth-order valence-corrected chi connectivity index (χ4v) is 3.10. The third-order valence-corrected chi connectivity index (χ3v) is 4.62.